The molecule has 1 aromatic rings. The van der Waals surface area contributed by atoms with Gasteiger partial charge in [-0.15, -0.1) is 0 Å². The molecule has 0 aliphatic rings. The van der Waals surface area contributed by atoms with Crippen molar-refractivity contribution in [2.75, 3.05) is 17.3 Å². The third kappa shape index (κ3) is 3.89. The number of anilines is 2. The molecule has 1 aromatic carbocycles. The third-order valence-corrected chi connectivity index (χ3v) is 2.61. The largest absolute Gasteiger partial charge is 0.416 e. The van der Waals surface area contributed by atoms with Gasteiger partial charge < -0.3 is 10.7 Å². The fraction of sp³-hybridized carbons (Fsp3) is 0.143. The Morgan fingerprint density at radius 3 is 2.40 bits per heavy atom. The highest BCUT2D eigenvalue weighted by Gasteiger charge is 2.31. The minimum Gasteiger partial charge on any atom is -0.397 e. The Hall–Kier alpha value is -2.21. The van der Waals surface area contributed by atoms with Crippen molar-refractivity contribution in [1.29, 1.82) is 0 Å². The molecule has 0 atom stereocenters. The molecule has 0 heterocycles. The SMILES string of the molecule is C=C/C=C(\C=C)CN(N)c1ccc(C(F)(F)F)cc1N. The number of allylic oxidation sites excluding steroid dienone is 2. The van der Waals surface area contributed by atoms with Crippen LogP contribution in [-0.4, -0.2) is 6.54 Å². The van der Waals surface area contributed by atoms with E-state index in [0.29, 0.717) is 5.69 Å². The third-order valence-electron chi connectivity index (χ3n) is 2.61. The van der Waals surface area contributed by atoms with Crippen molar-refractivity contribution >= 4 is 11.4 Å². The van der Waals surface area contributed by atoms with Gasteiger partial charge in [0.15, 0.2) is 0 Å². The van der Waals surface area contributed by atoms with E-state index in [1.807, 2.05) is 0 Å². The molecule has 20 heavy (non-hydrogen) atoms. The zero-order chi connectivity index (χ0) is 15.3. The Kier molecular flexibility index (Phi) is 4.99. The molecule has 6 heteroatoms. The Labute approximate surface area is 115 Å². The number of nitrogens with two attached hydrogens (primary N) is 2. The van der Waals surface area contributed by atoms with Gasteiger partial charge in [0.1, 0.15) is 0 Å². The summed E-state index contributed by atoms with van der Waals surface area (Å²) < 4.78 is 37.6. The average molecular weight is 283 g/mol. The van der Waals surface area contributed by atoms with Gasteiger partial charge in [0.2, 0.25) is 0 Å². The van der Waals surface area contributed by atoms with Gasteiger partial charge in [-0.25, -0.2) is 5.84 Å². The molecule has 0 aromatic heterocycles. The first kappa shape index (κ1) is 15.8. The van der Waals surface area contributed by atoms with Crippen molar-refractivity contribution in [3.8, 4) is 0 Å². The second kappa shape index (κ2) is 6.29. The Morgan fingerprint density at radius 2 is 1.95 bits per heavy atom. The number of benzene rings is 1. The van der Waals surface area contributed by atoms with Crippen LogP contribution in [0.2, 0.25) is 0 Å². The summed E-state index contributed by atoms with van der Waals surface area (Å²) in [6, 6.07) is 3.04. The smallest absolute Gasteiger partial charge is 0.397 e. The molecular formula is C14H16F3N3. The Bertz CT molecular complexity index is 533. The summed E-state index contributed by atoms with van der Waals surface area (Å²) >= 11 is 0. The van der Waals surface area contributed by atoms with Crippen molar-refractivity contribution in [3.63, 3.8) is 0 Å². The molecule has 3 nitrogen and oxygen atoms in total. The number of hydrogen-bond acceptors (Lipinski definition) is 3. The lowest BCUT2D eigenvalue weighted by atomic mass is 10.1. The van der Waals surface area contributed by atoms with Crippen LogP contribution >= 0.6 is 0 Å². The molecule has 0 spiro atoms. The predicted molar refractivity (Wildman–Crippen MR) is 75.9 cm³/mol. The van der Waals surface area contributed by atoms with Crippen LogP contribution in [0.5, 0.6) is 0 Å². The molecular weight excluding hydrogens is 267 g/mol. The topological polar surface area (TPSA) is 55.3 Å². The molecule has 0 saturated carbocycles. The van der Waals surface area contributed by atoms with Gasteiger partial charge in [-0.1, -0.05) is 31.4 Å². The molecule has 0 amide bonds. The molecule has 0 bridgehead atoms. The van der Waals surface area contributed by atoms with Gasteiger partial charge in [-0.2, -0.15) is 13.2 Å². The molecule has 0 unspecified atom stereocenters. The second-order valence-electron chi connectivity index (χ2n) is 4.08. The van der Waals surface area contributed by atoms with E-state index < -0.39 is 11.7 Å². The van der Waals surface area contributed by atoms with Crippen LogP contribution < -0.4 is 16.6 Å². The molecule has 0 aliphatic carbocycles. The number of hydrogen-bond donors (Lipinski definition) is 2. The van der Waals surface area contributed by atoms with E-state index in [1.54, 1.807) is 18.2 Å². The summed E-state index contributed by atoms with van der Waals surface area (Å²) in [6.07, 6.45) is 0.428. The van der Waals surface area contributed by atoms with Crippen molar-refractivity contribution in [2.24, 2.45) is 5.84 Å². The zero-order valence-corrected chi connectivity index (χ0v) is 10.8. The Balaban J connectivity index is 3.00. The van der Waals surface area contributed by atoms with Crippen LogP contribution in [0.25, 0.3) is 0 Å². The second-order valence-corrected chi connectivity index (χ2v) is 4.08. The van der Waals surface area contributed by atoms with E-state index >= 15 is 0 Å². The van der Waals surface area contributed by atoms with E-state index in [4.69, 9.17) is 11.6 Å². The summed E-state index contributed by atoms with van der Waals surface area (Å²) in [4.78, 5) is 0. The molecule has 4 N–H and O–H groups in total. The van der Waals surface area contributed by atoms with Gasteiger partial charge in [-0.3, -0.25) is 0 Å². The van der Waals surface area contributed by atoms with E-state index in [0.717, 1.165) is 17.7 Å². The summed E-state index contributed by atoms with van der Waals surface area (Å²) in [7, 11) is 0. The number of hydrazine groups is 1. The lowest BCUT2D eigenvalue weighted by Crippen LogP contribution is -2.33. The summed E-state index contributed by atoms with van der Waals surface area (Å²) in [6.45, 7) is 7.42. The van der Waals surface area contributed by atoms with Crippen molar-refractivity contribution in [1.82, 2.24) is 0 Å². The minimum absolute atomic E-state index is 0.0376. The van der Waals surface area contributed by atoms with Gasteiger partial charge >= 0.3 is 6.18 Å². The van der Waals surface area contributed by atoms with Gasteiger partial charge in [-0.05, 0) is 23.8 Å². The van der Waals surface area contributed by atoms with E-state index in [1.165, 1.54) is 11.1 Å². The maximum absolute atomic E-state index is 12.5. The quantitative estimate of drug-likeness (QED) is 0.377. The lowest BCUT2D eigenvalue weighted by Gasteiger charge is -2.21. The van der Waals surface area contributed by atoms with E-state index in [2.05, 4.69) is 13.2 Å². The monoisotopic (exact) mass is 283 g/mol. The first-order valence-electron chi connectivity index (χ1n) is 5.72. The summed E-state index contributed by atoms with van der Waals surface area (Å²) in [5.74, 6) is 5.81. The standard InChI is InChI=1S/C14H16F3N3/c1-3-5-10(4-2)9-20(19)13-7-6-11(8-12(13)18)14(15,16)17/h3-8H,1-2,9,18-19H2/b10-5+. The average Bonchev–Trinajstić information content (AvgIpc) is 2.36. The van der Waals surface area contributed by atoms with Crippen molar-refractivity contribution < 1.29 is 13.2 Å². The van der Waals surface area contributed by atoms with Gasteiger partial charge in [0.25, 0.3) is 0 Å². The van der Waals surface area contributed by atoms with Gasteiger partial charge in [0, 0.05) is 0 Å². The number of rotatable bonds is 5. The van der Waals surface area contributed by atoms with Gasteiger partial charge in [0.05, 0.1) is 23.5 Å². The van der Waals surface area contributed by atoms with Crippen LogP contribution in [0.15, 0.2) is 55.2 Å². The van der Waals surface area contributed by atoms with Crippen LogP contribution in [0.1, 0.15) is 5.56 Å². The fourth-order valence-corrected chi connectivity index (χ4v) is 1.61. The summed E-state index contributed by atoms with van der Waals surface area (Å²) in [5, 5.41) is 1.26. The molecule has 0 fully saturated rings. The van der Waals surface area contributed by atoms with E-state index in [9.17, 15) is 13.2 Å². The first-order chi connectivity index (χ1) is 9.29. The van der Waals surface area contributed by atoms with Crippen molar-refractivity contribution in [3.05, 3.63) is 60.7 Å². The van der Waals surface area contributed by atoms with Crippen LogP contribution in [-0.2, 0) is 6.18 Å². The minimum atomic E-state index is -4.43. The Morgan fingerprint density at radius 1 is 1.30 bits per heavy atom. The maximum atomic E-state index is 12.5. The van der Waals surface area contributed by atoms with Crippen molar-refractivity contribution in [2.45, 2.75) is 6.18 Å². The molecule has 108 valence electrons. The fourth-order valence-electron chi connectivity index (χ4n) is 1.61. The number of halogens is 3. The van der Waals surface area contributed by atoms with Crippen LogP contribution in [0.4, 0.5) is 24.5 Å². The first-order valence-corrected chi connectivity index (χ1v) is 5.72. The number of nitrogen functional groups attached to an aromatic ring is 1. The molecule has 1 rings (SSSR count). The molecule has 0 radical (unpaired) electrons. The lowest BCUT2D eigenvalue weighted by molar-refractivity contribution is -0.137. The van der Waals surface area contributed by atoms with E-state index in [-0.39, 0.29) is 12.2 Å². The number of alkyl halides is 3. The van der Waals surface area contributed by atoms with Crippen LogP contribution in [0, 0.1) is 0 Å². The maximum Gasteiger partial charge on any atom is 0.416 e. The molecule has 0 aliphatic heterocycles. The molecule has 0 saturated heterocycles. The highest BCUT2D eigenvalue weighted by molar-refractivity contribution is 5.68. The highest BCUT2D eigenvalue weighted by Crippen LogP contribution is 2.33. The van der Waals surface area contributed by atoms with Crippen LogP contribution in [0.3, 0.4) is 0 Å². The zero-order valence-electron chi connectivity index (χ0n) is 10.8. The normalized spacial score (nSPS) is 12.1. The predicted octanol–water partition coefficient (Wildman–Crippen LogP) is 3.27. The summed E-state index contributed by atoms with van der Waals surface area (Å²) in [5.41, 5.74) is 5.86. The highest BCUT2D eigenvalue weighted by atomic mass is 19.4. The number of nitrogens with zero attached hydrogens (tertiary/aromatic N) is 1.